The second-order valence-electron chi connectivity index (χ2n) is 5.05. The fourth-order valence-electron chi connectivity index (χ4n) is 2.22. The molecule has 110 valence electrons. The van der Waals surface area contributed by atoms with Crippen molar-refractivity contribution < 1.29 is 19.4 Å². The number of hydrogen-bond donors (Lipinski definition) is 2. The zero-order valence-electron chi connectivity index (χ0n) is 11.7. The van der Waals surface area contributed by atoms with Crippen LogP contribution in [0, 0.1) is 5.92 Å². The molecule has 6 nitrogen and oxygen atoms in total. The minimum Gasteiger partial charge on any atom is -0.469 e. The van der Waals surface area contributed by atoms with E-state index in [-0.39, 0.29) is 23.9 Å². The molecule has 1 saturated heterocycles. The van der Waals surface area contributed by atoms with E-state index in [0.29, 0.717) is 25.9 Å². The third-order valence-corrected chi connectivity index (χ3v) is 3.47. The van der Waals surface area contributed by atoms with Crippen LogP contribution in [0.4, 0.5) is 0 Å². The van der Waals surface area contributed by atoms with Gasteiger partial charge in [0, 0.05) is 19.5 Å². The molecule has 1 heterocycles. The first-order valence-corrected chi connectivity index (χ1v) is 6.77. The van der Waals surface area contributed by atoms with E-state index >= 15 is 0 Å². The first-order valence-electron chi connectivity index (χ1n) is 6.77. The summed E-state index contributed by atoms with van der Waals surface area (Å²) in [6, 6.07) is 0. The molecule has 0 radical (unpaired) electrons. The molecule has 1 rings (SSSR count). The van der Waals surface area contributed by atoms with Gasteiger partial charge in [0.2, 0.25) is 5.91 Å². The molecule has 0 aromatic heterocycles. The van der Waals surface area contributed by atoms with E-state index in [1.807, 2.05) is 4.90 Å². The normalized spacial score (nSPS) is 21.1. The Labute approximate surface area is 114 Å². The Morgan fingerprint density at radius 2 is 2.26 bits per heavy atom. The number of ether oxygens (including phenoxy) is 1. The Balaban J connectivity index is 2.10. The van der Waals surface area contributed by atoms with Gasteiger partial charge in [-0.15, -0.1) is 0 Å². The van der Waals surface area contributed by atoms with Gasteiger partial charge in [-0.2, -0.15) is 0 Å². The standard InChI is InChI=1S/C13H24N2O4/c1-10(16)11-5-7-15(8-11)9-12(17)14-6-3-4-13(18)19-2/h10-11,16H,3-9H2,1-2H3,(H,14,17). The summed E-state index contributed by atoms with van der Waals surface area (Å²) in [6.07, 6.45) is 1.54. The van der Waals surface area contributed by atoms with Gasteiger partial charge in [0.05, 0.1) is 19.8 Å². The zero-order valence-corrected chi connectivity index (χ0v) is 11.7. The van der Waals surface area contributed by atoms with Crippen molar-refractivity contribution in [3.8, 4) is 0 Å². The van der Waals surface area contributed by atoms with Crippen LogP contribution in [0.25, 0.3) is 0 Å². The molecule has 1 fully saturated rings. The molecule has 0 bridgehead atoms. The minimum absolute atomic E-state index is 0.0314. The van der Waals surface area contributed by atoms with E-state index in [1.165, 1.54) is 7.11 Å². The number of methoxy groups -OCH3 is 1. The van der Waals surface area contributed by atoms with Crippen molar-refractivity contribution in [1.82, 2.24) is 10.2 Å². The molecular formula is C13H24N2O4. The lowest BCUT2D eigenvalue weighted by molar-refractivity contribution is -0.140. The van der Waals surface area contributed by atoms with Crippen molar-refractivity contribution in [1.29, 1.82) is 0 Å². The smallest absolute Gasteiger partial charge is 0.305 e. The van der Waals surface area contributed by atoms with Crippen LogP contribution in [0.3, 0.4) is 0 Å². The summed E-state index contributed by atoms with van der Waals surface area (Å²) < 4.78 is 4.52. The van der Waals surface area contributed by atoms with Gasteiger partial charge in [0.25, 0.3) is 0 Å². The maximum Gasteiger partial charge on any atom is 0.305 e. The van der Waals surface area contributed by atoms with Crippen LogP contribution in [0.5, 0.6) is 0 Å². The third kappa shape index (κ3) is 6.02. The maximum absolute atomic E-state index is 11.7. The number of nitrogens with one attached hydrogen (secondary N) is 1. The number of esters is 1. The third-order valence-electron chi connectivity index (χ3n) is 3.47. The van der Waals surface area contributed by atoms with Crippen LogP contribution in [0.15, 0.2) is 0 Å². The molecule has 0 spiro atoms. The Morgan fingerprint density at radius 3 is 2.84 bits per heavy atom. The average molecular weight is 272 g/mol. The first-order chi connectivity index (χ1) is 9.02. The number of nitrogens with zero attached hydrogens (tertiary/aromatic N) is 1. The van der Waals surface area contributed by atoms with Crippen molar-refractivity contribution >= 4 is 11.9 Å². The van der Waals surface area contributed by atoms with Gasteiger partial charge in [-0.3, -0.25) is 14.5 Å². The predicted octanol–water partition coefficient (Wildman–Crippen LogP) is -0.241. The molecule has 1 amide bonds. The predicted molar refractivity (Wildman–Crippen MR) is 70.5 cm³/mol. The highest BCUT2D eigenvalue weighted by molar-refractivity contribution is 5.78. The number of rotatable bonds is 7. The van der Waals surface area contributed by atoms with E-state index in [9.17, 15) is 14.7 Å². The van der Waals surface area contributed by atoms with Crippen molar-refractivity contribution in [2.24, 2.45) is 5.92 Å². The van der Waals surface area contributed by atoms with Crippen LogP contribution >= 0.6 is 0 Å². The number of amides is 1. The number of likely N-dealkylation sites (tertiary alicyclic amines) is 1. The number of aliphatic hydroxyl groups is 1. The lowest BCUT2D eigenvalue weighted by atomic mass is 10.0. The topological polar surface area (TPSA) is 78.9 Å². The van der Waals surface area contributed by atoms with Gasteiger partial charge >= 0.3 is 5.97 Å². The summed E-state index contributed by atoms with van der Waals surface area (Å²) in [4.78, 5) is 24.6. The van der Waals surface area contributed by atoms with Crippen LogP contribution in [0.2, 0.25) is 0 Å². The minimum atomic E-state index is -0.312. The van der Waals surface area contributed by atoms with Crippen LogP contribution in [-0.4, -0.2) is 61.3 Å². The summed E-state index contributed by atoms with van der Waals surface area (Å²) in [5, 5.41) is 12.3. The molecule has 2 atom stereocenters. The molecule has 6 heteroatoms. The second-order valence-corrected chi connectivity index (χ2v) is 5.05. The number of aliphatic hydroxyl groups excluding tert-OH is 1. The lowest BCUT2D eigenvalue weighted by Gasteiger charge is -2.16. The molecule has 19 heavy (non-hydrogen) atoms. The molecule has 0 aromatic rings. The quantitative estimate of drug-likeness (QED) is 0.494. The first kappa shape index (κ1) is 15.9. The molecule has 0 saturated carbocycles. The Bertz CT molecular complexity index is 307. The summed E-state index contributed by atoms with van der Waals surface area (Å²) in [5.74, 6) is -0.0169. The monoisotopic (exact) mass is 272 g/mol. The maximum atomic E-state index is 11.7. The van der Waals surface area contributed by atoms with Gasteiger partial charge in [-0.25, -0.2) is 0 Å². The Morgan fingerprint density at radius 1 is 1.53 bits per heavy atom. The van der Waals surface area contributed by atoms with E-state index in [2.05, 4.69) is 10.1 Å². The van der Waals surface area contributed by atoms with Gasteiger partial charge < -0.3 is 15.2 Å². The molecule has 2 unspecified atom stereocenters. The highest BCUT2D eigenvalue weighted by Crippen LogP contribution is 2.18. The highest BCUT2D eigenvalue weighted by Gasteiger charge is 2.26. The van der Waals surface area contributed by atoms with E-state index in [1.54, 1.807) is 6.92 Å². The van der Waals surface area contributed by atoms with Crippen LogP contribution < -0.4 is 5.32 Å². The summed E-state index contributed by atoms with van der Waals surface area (Å²) >= 11 is 0. The van der Waals surface area contributed by atoms with Crippen molar-refractivity contribution in [2.45, 2.75) is 32.3 Å². The van der Waals surface area contributed by atoms with Gasteiger partial charge in [-0.05, 0) is 32.2 Å². The summed E-state index contributed by atoms with van der Waals surface area (Å²) in [7, 11) is 1.35. The van der Waals surface area contributed by atoms with Crippen molar-refractivity contribution in [3.63, 3.8) is 0 Å². The molecule has 0 aromatic carbocycles. The summed E-state index contributed by atoms with van der Waals surface area (Å²) in [5.41, 5.74) is 0. The number of carbonyl (C=O) groups is 2. The van der Waals surface area contributed by atoms with Gasteiger partial charge in [0.1, 0.15) is 0 Å². The van der Waals surface area contributed by atoms with Gasteiger partial charge in [0.15, 0.2) is 0 Å². The lowest BCUT2D eigenvalue weighted by Crippen LogP contribution is -2.37. The largest absolute Gasteiger partial charge is 0.469 e. The van der Waals surface area contributed by atoms with E-state index in [0.717, 1.165) is 19.5 Å². The van der Waals surface area contributed by atoms with Crippen molar-refractivity contribution in [2.75, 3.05) is 33.3 Å². The second kappa shape index (κ2) is 8.12. The molecular weight excluding hydrogens is 248 g/mol. The average Bonchev–Trinajstić information content (AvgIpc) is 2.83. The van der Waals surface area contributed by atoms with E-state index in [4.69, 9.17) is 0 Å². The summed E-state index contributed by atoms with van der Waals surface area (Å²) in [6.45, 7) is 4.27. The van der Waals surface area contributed by atoms with Crippen LogP contribution in [0.1, 0.15) is 26.2 Å². The van der Waals surface area contributed by atoms with Crippen LogP contribution in [-0.2, 0) is 14.3 Å². The highest BCUT2D eigenvalue weighted by atomic mass is 16.5. The number of carbonyl (C=O) groups excluding carboxylic acids is 2. The zero-order chi connectivity index (χ0) is 14.3. The Kier molecular flexibility index (Phi) is 6.80. The molecule has 1 aliphatic heterocycles. The fourth-order valence-corrected chi connectivity index (χ4v) is 2.22. The fraction of sp³-hybridized carbons (Fsp3) is 0.846. The molecule has 2 N–H and O–H groups in total. The van der Waals surface area contributed by atoms with Crippen molar-refractivity contribution in [3.05, 3.63) is 0 Å². The number of hydrogen-bond acceptors (Lipinski definition) is 5. The molecule has 0 aliphatic carbocycles. The van der Waals surface area contributed by atoms with Gasteiger partial charge in [-0.1, -0.05) is 0 Å². The Hall–Kier alpha value is -1.14. The molecule has 1 aliphatic rings. The SMILES string of the molecule is COC(=O)CCCNC(=O)CN1CCC(C(C)O)C1. The van der Waals surface area contributed by atoms with E-state index < -0.39 is 0 Å².